The maximum Gasteiger partial charge on any atom is 0.253 e. The SMILES string of the molecule is CC[C@@H](C)NC(=O)c1cc(Cl)ccc1Cl. The van der Waals surface area contributed by atoms with Gasteiger partial charge in [0.1, 0.15) is 0 Å². The Morgan fingerprint density at radius 2 is 2.13 bits per heavy atom. The summed E-state index contributed by atoms with van der Waals surface area (Å²) in [6.45, 7) is 3.95. The molecule has 0 heterocycles. The predicted molar refractivity (Wildman–Crippen MR) is 63.7 cm³/mol. The van der Waals surface area contributed by atoms with Crippen molar-refractivity contribution in [3.8, 4) is 0 Å². The molecule has 0 fully saturated rings. The van der Waals surface area contributed by atoms with Crippen LogP contribution in [0.2, 0.25) is 10.0 Å². The molecule has 2 nitrogen and oxygen atoms in total. The highest BCUT2D eigenvalue weighted by Crippen LogP contribution is 2.20. The fourth-order valence-corrected chi connectivity index (χ4v) is 1.45. The molecule has 0 aliphatic carbocycles. The van der Waals surface area contributed by atoms with Crippen molar-refractivity contribution in [2.24, 2.45) is 0 Å². The molecule has 0 saturated heterocycles. The Bertz CT molecular complexity index is 366. The summed E-state index contributed by atoms with van der Waals surface area (Å²) in [6, 6.07) is 4.98. The minimum Gasteiger partial charge on any atom is -0.350 e. The highest BCUT2D eigenvalue weighted by atomic mass is 35.5. The molecule has 0 aliphatic rings. The number of nitrogens with one attached hydrogen (secondary N) is 1. The molecular formula is C11H13Cl2NO. The molecule has 0 saturated carbocycles. The number of rotatable bonds is 3. The minimum atomic E-state index is -0.183. The zero-order chi connectivity index (χ0) is 11.4. The summed E-state index contributed by atoms with van der Waals surface area (Å²) in [5, 5.41) is 3.76. The van der Waals surface area contributed by atoms with Gasteiger partial charge in [0.05, 0.1) is 10.6 Å². The molecule has 82 valence electrons. The summed E-state index contributed by atoms with van der Waals surface area (Å²) < 4.78 is 0. The van der Waals surface area contributed by atoms with Gasteiger partial charge in [0.2, 0.25) is 0 Å². The summed E-state index contributed by atoms with van der Waals surface area (Å²) >= 11 is 11.7. The quantitative estimate of drug-likeness (QED) is 0.868. The fraction of sp³-hybridized carbons (Fsp3) is 0.364. The van der Waals surface area contributed by atoms with Crippen LogP contribution >= 0.6 is 23.2 Å². The number of amides is 1. The second-order valence-corrected chi connectivity index (χ2v) is 4.25. The normalized spacial score (nSPS) is 12.3. The van der Waals surface area contributed by atoms with Crippen LogP contribution in [-0.2, 0) is 0 Å². The van der Waals surface area contributed by atoms with E-state index in [1.807, 2.05) is 13.8 Å². The Kier molecular flexibility index (Phi) is 4.43. The maximum absolute atomic E-state index is 11.7. The van der Waals surface area contributed by atoms with Gasteiger partial charge >= 0.3 is 0 Å². The summed E-state index contributed by atoms with van der Waals surface area (Å²) in [4.78, 5) is 11.7. The number of hydrogen-bond acceptors (Lipinski definition) is 1. The van der Waals surface area contributed by atoms with Crippen molar-refractivity contribution in [3.05, 3.63) is 33.8 Å². The topological polar surface area (TPSA) is 29.1 Å². The molecule has 4 heteroatoms. The van der Waals surface area contributed by atoms with Gasteiger partial charge in [-0.3, -0.25) is 4.79 Å². The van der Waals surface area contributed by atoms with E-state index in [4.69, 9.17) is 23.2 Å². The first-order valence-corrected chi connectivity index (χ1v) is 5.56. The first-order chi connectivity index (χ1) is 7.04. The molecule has 1 aromatic rings. The van der Waals surface area contributed by atoms with E-state index in [0.29, 0.717) is 15.6 Å². The summed E-state index contributed by atoms with van der Waals surface area (Å²) in [7, 11) is 0. The number of hydrogen-bond donors (Lipinski definition) is 1. The maximum atomic E-state index is 11.7. The van der Waals surface area contributed by atoms with Crippen molar-refractivity contribution in [2.45, 2.75) is 26.3 Å². The van der Waals surface area contributed by atoms with Crippen LogP contribution in [0.5, 0.6) is 0 Å². The van der Waals surface area contributed by atoms with Gasteiger partial charge in [0.15, 0.2) is 0 Å². The standard InChI is InChI=1S/C11H13Cl2NO/c1-3-7(2)14-11(15)9-6-8(12)4-5-10(9)13/h4-7H,3H2,1-2H3,(H,14,15)/t7-/m1/s1. The highest BCUT2D eigenvalue weighted by Gasteiger charge is 2.12. The minimum absolute atomic E-state index is 0.132. The van der Waals surface area contributed by atoms with Crippen molar-refractivity contribution >= 4 is 29.1 Å². The van der Waals surface area contributed by atoms with Gasteiger partial charge < -0.3 is 5.32 Å². The third-order valence-electron chi connectivity index (χ3n) is 2.16. The van der Waals surface area contributed by atoms with Crippen LogP contribution in [0.3, 0.4) is 0 Å². The Morgan fingerprint density at radius 3 is 2.73 bits per heavy atom. The van der Waals surface area contributed by atoms with E-state index < -0.39 is 0 Å². The lowest BCUT2D eigenvalue weighted by molar-refractivity contribution is 0.0939. The van der Waals surface area contributed by atoms with Gasteiger partial charge in [-0.2, -0.15) is 0 Å². The summed E-state index contributed by atoms with van der Waals surface area (Å²) in [5.41, 5.74) is 0.421. The zero-order valence-corrected chi connectivity index (χ0v) is 10.2. The van der Waals surface area contributed by atoms with Crippen LogP contribution < -0.4 is 5.32 Å². The lowest BCUT2D eigenvalue weighted by Crippen LogP contribution is -2.32. The number of benzene rings is 1. The van der Waals surface area contributed by atoms with Gasteiger partial charge in [0.25, 0.3) is 5.91 Å². The second-order valence-electron chi connectivity index (χ2n) is 3.41. The lowest BCUT2D eigenvalue weighted by Gasteiger charge is -2.12. The zero-order valence-electron chi connectivity index (χ0n) is 8.68. The van der Waals surface area contributed by atoms with E-state index in [2.05, 4.69) is 5.32 Å². The third kappa shape index (κ3) is 3.40. The van der Waals surface area contributed by atoms with Crippen LogP contribution in [0.1, 0.15) is 30.6 Å². The van der Waals surface area contributed by atoms with E-state index in [1.54, 1.807) is 18.2 Å². The third-order valence-corrected chi connectivity index (χ3v) is 2.73. The van der Waals surface area contributed by atoms with E-state index >= 15 is 0 Å². The monoisotopic (exact) mass is 245 g/mol. The van der Waals surface area contributed by atoms with Crippen LogP contribution in [0, 0.1) is 0 Å². The highest BCUT2D eigenvalue weighted by molar-refractivity contribution is 6.35. The molecule has 0 bridgehead atoms. The Balaban J connectivity index is 2.86. The number of carbonyl (C=O) groups is 1. The van der Waals surface area contributed by atoms with Crippen LogP contribution in [0.25, 0.3) is 0 Å². The largest absolute Gasteiger partial charge is 0.350 e. The van der Waals surface area contributed by atoms with Crippen molar-refractivity contribution in [1.29, 1.82) is 0 Å². The Hall–Kier alpha value is -0.730. The van der Waals surface area contributed by atoms with Crippen molar-refractivity contribution in [3.63, 3.8) is 0 Å². The van der Waals surface area contributed by atoms with Crippen LogP contribution in [0.4, 0.5) is 0 Å². The van der Waals surface area contributed by atoms with E-state index in [1.165, 1.54) is 0 Å². The number of carbonyl (C=O) groups excluding carboxylic acids is 1. The average molecular weight is 246 g/mol. The second kappa shape index (κ2) is 5.38. The molecule has 1 aromatic carbocycles. The predicted octanol–water partition coefficient (Wildman–Crippen LogP) is 3.52. The summed E-state index contributed by atoms with van der Waals surface area (Å²) in [5.74, 6) is -0.183. The van der Waals surface area contributed by atoms with E-state index in [9.17, 15) is 4.79 Å². The van der Waals surface area contributed by atoms with Gasteiger partial charge in [-0.05, 0) is 31.5 Å². The van der Waals surface area contributed by atoms with Gasteiger partial charge in [0, 0.05) is 11.1 Å². The smallest absolute Gasteiger partial charge is 0.253 e. The molecule has 0 radical (unpaired) electrons. The van der Waals surface area contributed by atoms with Crippen LogP contribution in [0.15, 0.2) is 18.2 Å². The molecule has 0 aliphatic heterocycles. The Morgan fingerprint density at radius 1 is 1.47 bits per heavy atom. The molecule has 1 rings (SSSR count). The van der Waals surface area contributed by atoms with Gasteiger partial charge in [-0.1, -0.05) is 30.1 Å². The first kappa shape index (κ1) is 12.3. The van der Waals surface area contributed by atoms with Crippen molar-refractivity contribution in [2.75, 3.05) is 0 Å². The van der Waals surface area contributed by atoms with Gasteiger partial charge in [-0.25, -0.2) is 0 Å². The molecule has 1 N–H and O–H groups in total. The lowest BCUT2D eigenvalue weighted by atomic mass is 10.2. The van der Waals surface area contributed by atoms with E-state index in [0.717, 1.165) is 6.42 Å². The molecular weight excluding hydrogens is 233 g/mol. The van der Waals surface area contributed by atoms with Crippen molar-refractivity contribution < 1.29 is 4.79 Å². The average Bonchev–Trinajstić information content (AvgIpc) is 2.21. The van der Waals surface area contributed by atoms with E-state index in [-0.39, 0.29) is 11.9 Å². The van der Waals surface area contributed by atoms with Gasteiger partial charge in [-0.15, -0.1) is 0 Å². The van der Waals surface area contributed by atoms with Crippen LogP contribution in [-0.4, -0.2) is 11.9 Å². The molecule has 1 amide bonds. The summed E-state index contributed by atoms with van der Waals surface area (Å²) in [6.07, 6.45) is 0.879. The first-order valence-electron chi connectivity index (χ1n) is 4.80. The molecule has 0 spiro atoms. The van der Waals surface area contributed by atoms with Crippen molar-refractivity contribution in [1.82, 2.24) is 5.32 Å². The molecule has 15 heavy (non-hydrogen) atoms. The Labute approximate surface area is 99.6 Å². The molecule has 0 unspecified atom stereocenters. The fourth-order valence-electron chi connectivity index (χ4n) is 1.08. The molecule has 0 aromatic heterocycles. The number of halogens is 2. The molecule has 1 atom stereocenters.